The smallest absolute Gasteiger partial charge is 0.329 e. The van der Waals surface area contributed by atoms with Crippen LogP contribution in [-0.4, -0.2) is 17.7 Å². The van der Waals surface area contributed by atoms with E-state index in [-0.39, 0.29) is 6.61 Å². The van der Waals surface area contributed by atoms with Gasteiger partial charge in [-0.1, -0.05) is 42.5 Å². The molecule has 0 bridgehead atoms. The van der Waals surface area contributed by atoms with Crippen LogP contribution in [0.3, 0.4) is 0 Å². The highest BCUT2D eigenvalue weighted by molar-refractivity contribution is 9.10. The van der Waals surface area contributed by atoms with Crippen molar-refractivity contribution in [2.24, 2.45) is 0 Å². The van der Waals surface area contributed by atoms with Crippen molar-refractivity contribution in [3.05, 3.63) is 64.1 Å². The molecule has 3 nitrogen and oxygen atoms in total. The Balaban J connectivity index is 2.29. The lowest BCUT2D eigenvalue weighted by Crippen LogP contribution is -2.38. The molecule has 0 aliphatic carbocycles. The first kappa shape index (κ1) is 12.4. The standard InChI is InChI=1S/C15H11BrO3/c16-12-8-4-7-11-13(12)19-14(18)15(11,9-17)10-5-2-1-3-6-10/h1-8,17H,9H2/t15-/m1/s1. The van der Waals surface area contributed by atoms with Gasteiger partial charge in [-0.3, -0.25) is 4.79 Å². The number of carbonyl (C=O) groups excluding carboxylic acids is 1. The first-order valence-electron chi connectivity index (χ1n) is 5.88. The zero-order chi connectivity index (χ0) is 13.5. The third-order valence-corrected chi connectivity index (χ3v) is 4.10. The fourth-order valence-corrected chi connectivity index (χ4v) is 2.92. The van der Waals surface area contributed by atoms with Crippen LogP contribution in [0.1, 0.15) is 11.1 Å². The number of benzene rings is 2. The summed E-state index contributed by atoms with van der Waals surface area (Å²) >= 11 is 3.37. The molecule has 2 aromatic carbocycles. The Morgan fingerprint density at radius 1 is 1.11 bits per heavy atom. The summed E-state index contributed by atoms with van der Waals surface area (Å²) in [6.45, 7) is -0.320. The second-order valence-electron chi connectivity index (χ2n) is 4.44. The lowest BCUT2D eigenvalue weighted by Gasteiger charge is -2.23. The van der Waals surface area contributed by atoms with Crippen molar-refractivity contribution in [2.45, 2.75) is 5.41 Å². The van der Waals surface area contributed by atoms with Crippen LogP contribution in [0.5, 0.6) is 5.75 Å². The third kappa shape index (κ3) is 1.64. The van der Waals surface area contributed by atoms with E-state index in [1.54, 1.807) is 0 Å². The van der Waals surface area contributed by atoms with Crippen molar-refractivity contribution in [3.8, 4) is 5.75 Å². The molecule has 1 atom stereocenters. The van der Waals surface area contributed by atoms with Crippen LogP contribution < -0.4 is 4.74 Å². The maximum atomic E-state index is 12.3. The fraction of sp³-hybridized carbons (Fsp3) is 0.133. The van der Waals surface area contributed by atoms with Gasteiger partial charge in [-0.05, 0) is 27.6 Å². The molecule has 0 fully saturated rings. The van der Waals surface area contributed by atoms with Gasteiger partial charge >= 0.3 is 5.97 Å². The number of hydrogen-bond acceptors (Lipinski definition) is 3. The Hall–Kier alpha value is -1.65. The van der Waals surface area contributed by atoms with E-state index in [1.807, 2.05) is 48.5 Å². The molecule has 1 aliphatic heterocycles. The SMILES string of the molecule is O=C1Oc2c(Br)cccc2[C@@]1(CO)c1ccccc1. The number of aliphatic hydroxyl groups excluding tert-OH is 1. The number of carbonyl (C=O) groups is 1. The van der Waals surface area contributed by atoms with E-state index in [1.165, 1.54) is 0 Å². The van der Waals surface area contributed by atoms with Crippen LogP contribution in [-0.2, 0) is 10.2 Å². The Bertz CT molecular complexity index is 639. The van der Waals surface area contributed by atoms with Crippen molar-refractivity contribution >= 4 is 21.9 Å². The van der Waals surface area contributed by atoms with E-state index in [4.69, 9.17) is 4.74 Å². The highest BCUT2D eigenvalue weighted by atomic mass is 79.9. The molecule has 1 heterocycles. The fourth-order valence-electron chi connectivity index (χ4n) is 2.48. The summed E-state index contributed by atoms with van der Waals surface area (Å²) in [5.74, 6) is 0.0495. The van der Waals surface area contributed by atoms with E-state index >= 15 is 0 Å². The highest BCUT2D eigenvalue weighted by Gasteiger charge is 2.50. The number of ether oxygens (including phenoxy) is 1. The van der Waals surface area contributed by atoms with Gasteiger partial charge in [-0.25, -0.2) is 0 Å². The molecule has 0 radical (unpaired) electrons. The molecule has 0 saturated heterocycles. The van der Waals surface area contributed by atoms with Gasteiger partial charge in [0.1, 0.15) is 11.2 Å². The zero-order valence-corrected chi connectivity index (χ0v) is 11.6. The molecule has 0 saturated carbocycles. The lowest BCUT2D eigenvalue weighted by atomic mass is 9.76. The number of hydrogen-bond donors (Lipinski definition) is 1. The van der Waals surface area contributed by atoms with E-state index in [9.17, 15) is 9.90 Å². The predicted octanol–water partition coefficient (Wildman–Crippen LogP) is 2.65. The van der Waals surface area contributed by atoms with Crippen molar-refractivity contribution in [1.82, 2.24) is 0 Å². The lowest BCUT2D eigenvalue weighted by molar-refractivity contribution is -0.138. The quantitative estimate of drug-likeness (QED) is 0.684. The monoisotopic (exact) mass is 318 g/mol. The Kier molecular flexibility index (Phi) is 2.92. The third-order valence-electron chi connectivity index (χ3n) is 3.47. The molecule has 0 amide bonds. The van der Waals surface area contributed by atoms with Crippen LogP contribution >= 0.6 is 15.9 Å². The molecular formula is C15H11BrO3. The predicted molar refractivity (Wildman–Crippen MR) is 74.1 cm³/mol. The summed E-state index contributed by atoms with van der Waals surface area (Å²) in [7, 11) is 0. The minimum atomic E-state index is -1.12. The van der Waals surface area contributed by atoms with E-state index in [2.05, 4.69) is 15.9 Å². The molecule has 1 aliphatic rings. The summed E-state index contributed by atoms with van der Waals surface area (Å²) in [5, 5.41) is 9.86. The van der Waals surface area contributed by atoms with E-state index in [0.29, 0.717) is 15.8 Å². The highest BCUT2D eigenvalue weighted by Crippen LogP contribution is 2.47. The van der Waals surface area contributed by atoms with Gasteiger partial charge < -0.3 is 9.84 Å². The minimum absolute atomic E-state index is 0.320. The summed E-state index contributed by atoms with van der Waals surface area (Å²) in [4.78, 5) is 12.3. The number of aliphatic hydroxyl groups is 1. The molecule has 1 N–H and O–H groups in total. The van der Waals surface area contributed by atoms with Crippen LogP contribution in [0.4, 0.5) is 0 Å². The summed E-state index contributed by atoms with van der Waals surface area (Å²) in [6, 6.07) is 14.7. The van der Waals surface area contributed by atoms with E-state index < -0.39 is 11.4 Å². The van der Waals surface area contributed by atoms with Gasteiger partial charge in [0.25, 0.3) is 0 Å². The average molecular weight is 319 g/mol. The first-order chi connectivity index (χ1) is 9.20. The molecule has 19 heavy (non-hydrogen) atoms. The topological polar surface area (TPSA) is 46.5 Å². The molecule has 3 rings (SSSR count). The summed E-state index contributed by atoms with van der Waals surface area (Å²) < 4.78 is 6.07. The van der Waals surface area contributed by atoms with E-state index in [0.717, 1.165) is 5.56 Å². The molecule has 2 aromatic rings. The van der Waals surface area contributed by atoms with Gasteiger partial charge in [0.15, 0.2) is 0 Å². The second kappa shape index (κ2) is 4.47. The molecule has 4 heteroatoms. The van der Waals surface area contributed by atoms with Crippen LogP contribution in [0, 0.1) is 0 Å². The average Bonchev–Trinajstić information content (AvgIpc) is 2.74. The van der Waals surface area contributed by atoms with Crippen molar-refractivity contribution < 1.29 is 14.6 Å². The minimum Gasteiger partial charge on any atom is -0.424 e. The molecule has 0 unspecified atom stereocenters. The van der Waals surface area contributed by atoms with Crippen molar-refractivity contribution in [2.75, 3.05) is 6.61 Å². The number of para-hydroxylation sites is 1. The van der Waals surface area contributed by atoms with Crippen LogP contribution in [0.25, 0.3) is 0 Å². The summed E-state index contributed by atoms with van der Waals surface area (Å²) in [6.07, 6.45) is 0. The largest absolute Gasteiger partial charge is 0.424 e. The Morgan fingerprint density at radius 3 is 2.53 bits per heavy atom. The van der Waals surface area contributed by atoms with Gasteiger partial charge in [-0.15, -0.1) is 0 Å². The first-order valence-corrected chi connectivity index (χ1v) is 6.67. The number of halogens is 1. The van der Waals surface area contributed by atoms with Crippen molar-refractivity contribution in [3.63, 3.8) is 0 Å². The molecule has 96 valence electrons. The van der Waals surface area contributed by atoms with Gasteiger partial charge in [0.05, 0.1) is 11.1 Å². The van der Waals surface area contributed by atoms with Crippen LogP contribution in [0.15, 0.2) is 53.0 Å². The molecule has 0 aromatic heterocycles. The van der Waals surface area contributed by atoms with Crippen molar-refractivity contribution in [1.29, 1.82) is 0 Å². The molecular weight excluding hydrogens is 308 g/mol. The van der Waals surface area contributed by atoms with Crippen LogP contribution in [0.2, 0.25) is 0 Å². The maximum Gasteiger partial charge on any atom is 0.329 e. The summed E-state index contributed by atoms with van der Waals surface area (Å²) in [5.41, 5.74) is 0.306. The maximum absolute atomic E-state index is 12.3. The number of esters is 1. The number of fused-ring (bicyclic) bond motifs is 1. The Morgan fingerprint density at radius 2 is 1.84 bits per heavy atom. The normalized spacial score (nSPS) is 21.1. The zero-order valence-electron chi connectivity index (χ0n) is 9.97. The second-order valence-corrected chi connectivity index (χ2v) is 5.29. The van der Waals surface area contributed by atoms with Gasteiger partial charge in [0.2, 0.25) is 0 Å². The molecule has 0 spiro atoms. The van der Waals surface area contributed by atoms with Gasteiger partial charge in [0, 0.05) is 5.56 Å². The van der Waals surface area contributed by atoms with Gasteiger partial charge in [-0.2, -0.15) is 0 Å². The Labute approximate surface area is 119 Å². The number of rotatable bonds is 2.